The Morgan fingerprint density at radius 2 is 1.64 bits per heavy atom. The Morgan fingerprint density at radius 3 is 2.28 bits per heavy atom. The van der Waals surface area contributed by atoms with Crippen LogP contribution in [0.4, 0.5) is 0 Å². The molecule has 0 spiro atoms. The van der Waals surface area contributed by atoms with E-state index >= 15 is 0 Å². The maximum atomic E-state index is 10.3. The minimum atomic E-state index is -1.41. The number of benzene rings is 2. The fraction of sp³-hybridized carbons (Fsp3) is 0.316. The lowest BCUT2D eigenvalue weighted by Gasteiger charge is -2.40. The van der Waals surface area contributed by atoms with Crippen molar-refractivity contribution in [1.82, 2.24) is 0 Å². The lowest BCUT2D eigenvalue weighted by atomic mass is 9.90. The molecule has 1 fully saturated rings. The van der Waals surface area contributed by atoms with Crippen LogP contribution in [0.25, 0.3) is 11.1 Å². The molecule has 0 saturated carbocycles. The molecule has 0 bridgehead atoms. The zero-order valence-corrected chi connectivity index (χ0v) is 13.4. The SMILES string of the molecule is N#Cc1ccc(-c2cccc(C3OC(CO)C(O)C(O)C3O)c2)cc1. The molecule has 130 valence electrons. The van der Waals surface area contributed by atoms with E-state index in [1.165, 1.54) is 0 Å². The van der Waals surface area contributed by atoms with Crippen LogP contribution >= 0.6 is 0 Å². The Hall–Kier alpha value is -2.27. The molecule has 5 unspecified atom stereocenters. The number of hydrogen-bond acceptors (Lipinski definition) is 6. The molecule has 0 aliphatic carbocycles. The van der Waals surface area contributed by atoms with Crippen molar-refractivity contribution in [1.29, 1.82) is 5.26 Å². The number of nitrogens with zero attached hydrogens (tertiary/aromatic N) is 1. The van der Waals surface area contributed by atoms with Crippen LogP contribution in [0.1, 0.15) is 17.2 Å². The van der Waals surface area contributed by atoms with Crippen LogP contribution in [-0.4, -0.2) is 51.4 Å². The summed E-state index contributed by atoms with van der Waals surface area (Å²) in [5.41, 5.74) is 2.94. The molecule has 0 amide bonds. The van der Waals surface area contributed by atoms with Crippen LogP contribution in [0.3, 0.4) is 0 Å². The molecule has 1 saturated heterocycles. The van der Waals surface area contributed by atoms with Gasteiger partial charge in [-0.3, -0.25) is 0 Å². The average molecular weight is 341 g/mol. The molecule has 1 aliphatic heterocycles. The number of aliphatic hydroxyl groups excluding tert-OH is 4. The zero-order chi connectivity index (χ0) is 18.0. The van der Waals surface area contributed by atoms with Crippen molar-refractivity contribution in [2.75, 3.05) is 6.61 Å². The smallest absolute Gasteiger partial charge is 0.113 e. The van der Waals surface area contributed by atoms with Crippen molar-refractivity contribution < 1.29 is 25.2 Å². The summed E-state index contributed by atoms with van der Waals surface area (Å²) >= 11 is 0. The Bertz CT molecular complexity index is 768. The third-order valence-corrected chi connectivity index (χ3v) is 4.45. The maximum Gasteiger partial charge on any atom is 0.113 e. The van der Waals surface area contributed by atoms with Gasteiger partial charge in [0, 0.05) is 0 Å². The molecular weight excluding hydrogens is 322 g/mol. The highest BCUT2D eigenvalue weighted by Gasteiger charge is 2.43. The van der Waals surface area contributed by atoms with E-state index in [0.717, 1.165) is 11.1 Å². The van der Waals surface area contributed by atoms with Gasteiger partial charge < -0.3 is 25.2 Å². The van der Waals surface area contributed by atoms with Crippen LogP contribution in [0.2, 0.25) is 0 Å². The van der Waals surface area contributed by atoms with Gasteiger partial charge in [-0.05, 0) is 34.9 Å². The Kier molecular flexibility index (Phi) is 5.13. The Labute approximate surface area is 145 Å². The highest BCUT2D eigenvalue weighted by molar-refractivity contribution is 5.65. The number of hydrogen-bond donors (Lipinski definition) is 4. The third kappa shape index (κ3) is 3.42. The molecule has 2 aromatic carbocycles. The first-order valence-electron chi connectivity index (χ1n) is 7.96. The summed E-state index contributed by atoms with van der Waals surface area (Å²) < 4.78 is 5.59. The minimum absolute atomic E-state index is 0.462. The van der Waals surface area contributed by atoms with Gasteiger partial charge in [0.05, 0.1) is 18.2 Å². The zero-order valence-electron chi connectivity index (χ0n) is 13.4. The Balaban J connectivity index is 1.91. The van der Waals surface area contributed by atoms with Crippen LogP contribution in [0, 0.1) is 11.3 Å². The predicted octanol–water partition coefficient (Wildman–Crippen LogP) is 0.740. The molecule has 0 aromatic heterocycles. The topological polar surface area (TPSA) is 114 Å². The third-order valence-electron chi connectivity index (χ3n) is 4.45. The van der Waals surface area contributed by atoms with Gasteiger partial charge in [-0.1, -0.05) is 30.3 Å². The molecule has 25 heavy (non-hydrogen) atoms. The fourth-order valence-electron chi connectivity index (χ4n) is 3.01. The lowest BCUT2D eigenvalue weighted by molar-refractivity contribution is -0.231. The molecule has 1 heterocycles. The second-order valence-corrected chi connectivity index (χ2v) is 6.06. The second-order valence-electron chi connectivity index (χ2n) is 6.06. The van der Waals surface area contributed by atoms with Crippen molar-refractivity contribution in [2.24, 2.45) is 0 Å². The van der Waals surface area contributed by atoms with E-state index < -0.39 is 37.1 Å². The summed E-state index contributed by atoms with van der Waals surface area (Å²) in [6.07, 6.45) is -5.91. The molecule has 4 N–H and O–H groups in total. The van der Waals surface area contributed by atoms with E-state index in [-0.39, 0.29) is 0 Å². The summed E-state index contributed by atoms with van der Waals surface area (Å²) in [5, 5.41) is 48.3. The van der Waals surface area contributed by atoms with E-state index in [2.05, 4.69) is 6.07 Å². The molecule has 1 aliphatic rings. The van der Waals surface area contributed by atoms with Gasteiger partial charge in [0.1, 0.15) is 30.5 Å². The monoisotopic (exact) mass is 341 g/mol. The summed E-state index contributed by atoms with van der Waals surface area (Å²) in [6.45, 7) is -0.462. The second kappa shape index (κ2) is 7.31. The van der Waals surface area contributed by atoms with Gasteiger partial charge in [0.15, 0.2) is 0 Å². The number of nitriles is 1. The van der Waals surface area contributed by atoms with E-state index in [1.807, 2.05) is 24.3 Å². The van der Waals surface area contributed by atoms with Gasteiger partial charge in [0.2, 0.25) is 0 Å². The first kappa shape index (κ1) is 17.5. The van der Waals surface area contributed by atoms with Crippen molar-refractivity contribution in [3.05, 3.63) is 59.7 Å². The van der Waals surface area contributed by atoms with Crippen LogP contribution in [0.15, 0.2) is 48.5 Å². The van der Waals surface area contributed by atoms with Crippen molar-refractivity contribution in [3.8, 4) is 17.2 Å². The van der Waals surface area contributed by atoms with Gasteiger partial charge >= 0.3 is 0 Å². The van der Waals surface area contributed by atoms with Crippen molar-refractivity contribution >= 4 is 0 Å². The Morgan fingerprint density at radius 1 is 0.920 bits per heavy atom. The molecular formula is C19H19NO5. The summed E-state index contributed by atoms with van der Waals surface area (Å²) in [7, 11) is 0. The number of ether oxygens (including phenoxy) is 1. The maximum absolute atomic E-state index is 10.3. The average Bonchev–Trinajstić information content (AvgIpc) is 2.66. The first-order valence-corrected chi connectivity index (χ1v) is 7.96. The minimum Gasteiger partial charge on any atom is -0.394 e. The largest absolute Gasteiger partial charge is 0.394 e. The van der Waals surface area contributed by atoms with Crippen LogP contribution in [-0.2, 0) is 4.74 Å². The number of aliphatic hydroxyl groups is 4. The van der Waals surface area contributed by atoms with E-state index in [1.54, 1.807) is 24.3 Å². The van der Waals surface area contributed by atoms with E-state index in [4.69, 9.17) is 10.00 Å². The molecule has 3 rings (SSSR count). The van der Waals surface area contributed by atoms with Gasteiger partial charge in [0.25, 0.3) is 0 Å². The summed E-state index contributed by atoms with van der Waals surface area (Å²) in [4.78, 5) is 0. The van der Waals surface area contributed by atoms with E-state index in [9.17, 15) is 20.4 Å². The molecule has 0 radical (unpaired) electrons. The summed E-state index contributed by atoms with van der Waals surface area (Å²) in [6, 6.07) is 16.4. The van der Waals surface area contributed by atoms with Crippen LogP contribution < -0.4 is 0 Å². The van der Waals surface area contributed by atoms with Crippen molar-refractivity contribution in [3.63, 3.8) is 0 Å². The molecule has 6 nitrogen and oxygen atoms in total. The lowest BCUT2D eigenvalue weighted by Crippen LogP contribution is -2.55. The van der Waals surface area contributed by atoms with Gasteiger partial charge in [-0.15, -0.1) is 0 Å². The molecule has 6 heteroatoms. The normalized spacial score (nSPS) is 29.2. The van der Waals surface area contributed by atoms with Gasteiger partial charge in [-0.2, -0.15) is 5.26 Å². The first-order chi connectivity index (χ1) is 12.0. The summed E-state index contributed by atoms with van der Waals surface area (Å²) in [5.74, 6) is 0. The predicted molar refractivity (Wildman–Crippen MR) is 89.3 cm³/mol. The highest BCUT2D eigenvalue weighted by atomic mass is 16.5. The van der Waals surface area contributed by atoms with Crippen LogP contribution in [0.5, 0.6) is 0 Å². The number of rotatable bonds is 3. The van der Waals surface area contributed by atoms with Gasteiger partial charge in [-0.25, -0.2) is 0 Å². The van der Waals surface area contributed by atoms with Crippen molar-refractivity contribution in [2.45, 2.75) is 30.5 Å². The van der Waals surface area contributed by atoms with E-state index in [0.29, 0.717) is 11.1 Å². The standard InChI is InChI=1S/C19H19NO5/c20-9-11-4-6-12(7-5-11)13-2-1-3-14(8-13)19-18(24)17(23)16(22)15(10-21)25-19/h1-8,15-19,21-24H,10H2. The quantitative estimate of drug-likeness (QED) is 0.655. The molecule has 2 aromatic rings. The highest BCUT2D eigenvalue weighted by Crippen LogP contribution is 2.34. The molecule has 5 atom stereocenters. The fourth-order valence-corrected chi connectivity index (χ4v) is 3.01.